The number of ether oxygens (including phenoxy) is 2. The van der Waals surface area contributed by atoms with Crippen molar-refractivity contribution in [3.05, 3.63) is 35.9 Å². The maximum Gasteiger partial charge on any atom is 0.340 e. The van der Waals surface area contributed by atoms with Crippen LogP contribution in [-0.2, 0) is 9.47 Å². The summed E-state index contributed by atoms with van der Waals surface area (Å²) in [6.45, 7) is 0. The van der Waals surface area contributed by atoms with Gasteiger partial charge in [-0.3, -0.25) is 0 Å². The van der Waals surface area contributed by atoms with Crippen LogP contribution in [-0.4, -0.2) is 17.9 Å². The standard InChI is InChI=1S/C13H14O3/c14-12(10-6-2-1-3-7-10)16-13-9-5-4-8-11(13)15-13/h1-3,6-7,11H,4-5,8-9H2/t11-,13+/m0/s1. The highest BCUT2D eigenvalue weighted by atomic mass is 16.8. The predicted octanol–water partition coefficient (Wildman–Crippen LogP) is 2.51. The van der Waals surface area contributed by atoms with Gasteiger partial charge in [0.05, 0.1) is 5.56 Å². The fraction of sp³-hybridized carbons (Fsp3) is 0.462. The van der Waals surface area contributed by atoms with Gasteiger partial charge in [0, 0.05) is 6.42 Å². The Kier molecular flexibility index (Phi) is 2.21. The second-order valence-electron chi connectivity index (χ2n) is 4.42. The van der Waals surface area contributed by atoms with Gasteiger partial charge in [-0.15, -0.1) is 0 Å². The van der Waals surface area contributed by atoms with Crippen molar-refractivity contribution in [3.63, 3.8) is 0 Å². The van der Waals surface area contributed by atoms with Gasteiger partial charge in [-0.25, -0.2) is 4.79 Å². The molecule has 2 aliphatic rings. The topological polar surface area (TPSA) is 38.8 Å². The summed E-state index contributed by atoms with van der Waals surface area (Å²) in [5.41, 5.74) is 0.594. The quantitative estimate of drug-likeness (QED) is 0.565. The molecule has 0 radical (unpaired) electrons. The van der Waals surface area contributed by atoms with Crippen LogP contribution in [0.25, 0.3) is 0 Å². The molecule has 0 bridgehead atoms. The minimum atomic E-state index is -0.578. The first kappa shape index (κ1) is 9.85. The van der Waals surface area contributed by atoms with Crippen molar-refractivity contribution in [1.82, 2.24) is 0 Å². The zero-order chi connectivity index (χ0) is 11.0. The lowest BCUT2D eigenvalue weighted by atomic mass is 9.98. The number of benzene rings is 1. The summed E-state index contributed by atoms with van der Waals surface area (Å²) in [5, 5.41) is 0. The molecule has 16 heavy (non-hydrogen) atoms. The fourth-order valence-electron chi connectivity index (χ4n) is 2.34. The number of hydrogen-bond acceptors (Lipinski definition) is 3. The summed E-state index contributed by atoms with van der Waals surface area (Å²) < 4.78 is 11.0. The maximum absolute atomic E-state index is 11.8. The molecule has 1 aromatic rings. The molecule has 3 heteroatoms. The number of hydrogen-bond donors (Lipinski definition) is 0. The second kappa shape index (κ2) is 3.59. The Morgan fingerprint density at radius 2 is 2.12 bits per heavy atom. The van der Waals surface area contributed by atoms with Gasteiger partial charge < -0.3 is 9.47 Å². The van der Waals surface area contributed by atoms with Crippen molar-refractivity contribution in [2.24, 2.45) is 0 Å². The van der Waals surface area contributed by atoms with E-state index in [1.807, 2.05) is 18.2 Å². The van der Waals surface area contributed by atoms with Crippen LogP contribution < -0.4 is 0 Å². The largest absolute Gasteiger partial charge is 0.427 e. The van der Waals surface area contributed by atoms with Gasteiger partial charge in [-0.05, 0) is 25.0 Å². The van der Waals surface area contributed by atoms with Crippen LogP contribution in [0.15, 0.2) is 30.3 Å². The zero-order valence-corrected chi connectivity index (χ0v) is 9.02. The van der Waals surface area contributed by atoms with E-state index in [1.165, 1.54) is 6.42 Å². The van der Waals surface area contributed by atoms with Crippen molar-refractivity contribution in [2.75, 3.05) is 0 Å². The monoisotopic (exact) mass is 218 g/mol. The molecule has 1 aromatic carbocycles. The average Bonchev–Trinajstić information content (AvgIpc) is 3.04. The molecule has 1 heterocycles. The van der Waals surface area contributed by atoms with Gasteiger partial charge in [-0.1, -0.05) is 24.6 Å². The number of carbonyl (C=O) groups is 1. The molecular weight excluding hydrogens is 204 g/mol. The number of fused-ring (bicyclic) bond motifs is 1. The van der Waals surface area contributed by atoms with Gasteiger partial charge in [-0.2, -0.15) is 0 Å². The Bertz CT molecular complexity index is 401. The first-order chi connectivity index (χ1) is 7.80. The Morgan fingerprint density at radius 1 is 1.31 bits per heavy atom. The van der Waals surface area contributed by atoms with E-state index in [1.54, 1.807) is 12.1 Å². The van der Waals surface area contributed by atoms with Crippen molar-refractivity contribution >= 4 is 5.97 Å². The minimum absolute atomic E-state index is 0.147. The van der Waals surface area contributed by atoms with Crippen molar-refractivity contribution in [3.8, 4) is 0 Å². The van der Waals surface area contributed by atoms with E-state index in [2.05, 4.69) is 0 Å². The Labute approximate surface area is 94.4 Å². The first-order valence-corrected chi connectivity index (χ1v) is 5.76. The van der Waals surface area contributed by atoms with Crippen LogP contribution in [0.2, 0.25) is 0 Å². The SMILES string of the molecule is O=C(O[C@]12CCCC[C@@H]1O2)c1ccccc1. The summed E-state index contributed by atoms with van der Waals surface area (Å²) in [4.78, 5) is 11.8. The molecule has 1 saturated heterocycles. The van der Waals surface area contributed by atoms with Crippen LogP contribution in [0.4, 0.5) is 0 Å². The molecule has 84 valence electrons. The minimum Gasteiger partial charge on any atom is -0.427 e. The lowest BCUT2D eigenvalue weighted by Gasteiger charge is -2.17. The molecule has 1 aliphatic carbocycles. The molecule has 0 spiro atoms. The van der Waals surface area contributed by atoms with E-state index in [0.717, 1.165) is 19.3 Å². The maximum atomic E-state index is 11.8. The smallest absolute Gasteiger partial charge is 0.340 e. The highest BCUT2D eigenvalue weighted by Crippen LogP contribution is 2.48. The van der Waals surface area contributed by atoms with Crippen LogP contribution >= 0.6 is 0 Å². The second-order valence-corrected chi connectivity index (χ2v) is 4.42. The lowest BCUT2D eigenvalue weighted by molar-refractivity contribution is -0.0245. The molecule has 3 rings (SSSR count). The molecule has 0 N–H and O–H groups in total. The number of epoxide rings is 1. The highest BCUT2D eigenvalue weighted by molar-refractivity contribution is 5.89. The molecule has 3 nitrogen and oxygen atoms in total. The average molecular weight is 218 g/mol. The summed E-state index contributed by atoms with van der Waals surface area (Å²) >= 11 is 0. The zero-order valence-electron chi connectivity index (χ0n) is 9.02. The third kappa shape index (κ3) is 1.61. The molecule has 1 saturated carbocycles. The highest BCUT2D eigenvalue weighted by Gasteiger charge is 2.61. The lowest BCUT2D eigenvalue weighted by Crippen LogP contribution is -2.26. The van der Waals surface area contributed by atoms with E-state index < -0.39 is 5.79 Å². The fourth-order valence-corrected chi connectivity index (χ4v) is 2.34. The normalized spacial score (nSPS) is 31.6. The van der Waals surface area contributed by atoms with Crippen LogP contribution in [0.5, 0.6) is 0 Å². The van der Waals surface area contributed by atoms with Gasteiger partial charge in [0.2, 0.25) is 5.79 Å². The molecule has 0 amide bonds. The van der Waals surface area contributed by atoms with Crippen LogP contribution in [0, 0.1) is 0 Å². The molecule has 2 fully saturated rings. The molecular formula is C13H14O3. The van der Waals surface area contributed by atoms with Crippen LogP contribution in [0.3, 0.4) is 0 Å². The van der Waals surface area contributed by atoms with Gasteiger partial charge in [0.1, 0.15) is 6.10 Å². The number of esters is 1. The van der Waals surface area contributed by atoms with E-state index in [0.29, 0.717) is 5.56 Å². The summed E-state index contributed by atoms with van der Waals surface area (Å²) in [5.74, 6) is -0.851. The summed E-state index contributed by atoms with van der Waals surface area (Å²) in [6.07, 6.45) is 4.26. The number of carbonyl (C=O) groups excluding carboxylic acids is 1. The molecule has 0 aromatic heterocycles. The molecule has 0 unspecified atom stereocenters. The van der Waals surface area contributed by atoms with E-state index in [9.17, 15) is 4.79 Å². The van der Waals surface area contributed by atoms with E-state index in [-0.39, 0.29) is 12.1 Å². The predicted molar refractivity (Wildman–Crippen MR) is 57.9 cm³/mol. The van der Waals surface area contributed by atoms with Gasteiger partial charge in [0.25, 0.3) is 0 Å². The third-order valence-electron chi connectivity index (χ3n) is 3.29. The van der Waals surface area contributed by atoms with Gasteiger partial charge >= 0.3 is 5.97 Å². The van der Waals surface area contributed by atoms with E-state index >= 15 is 0 Å². The van der Waals surface area contributed by atoms with Crippen molar-refractivity contribution in [2.45, 2.75) is 37.6 Å². The van der Waals surface area contributed by atoms with Crippen molar-refractivity contribution in [1.29, 1.82) is 0 Å². The Morgan fingerprint density at radius 3 is 2.88 bits per heavy atom. The summed E-state index contributed by atoms with van der Waals surface area (Å²) in [6, 6.07) is 9.07. The molecule has 2 atom stereocenters. The van der Waals surface area contributed by atoms with E-state index in [4.69, 9.17) is 9.47 Å². The first-order valence-electron chi connectivity index (χ1n) is 5.76. The summed E-state index contributed by atoms with van der Waals surface area (Å²) in [7, 11) is 0. The molecule has 1 aliphatic heterocycles. The Balaban J connectivity index is 1.70. The van der Waals surface area contributed by atoms with Gasteiger partial charge in [0.15, 0.2) is 0 Å². The van der Waals surface area contributed by atoms with Crippen molar-refractivity contribution < 1.29 is 14.3 Å². The Hall–Kier alpha value is -1.35. The number of rotatable bonds is 2. The third-order valence-corrected chi connectivity index (χ3v) is 3.29. The van der Waals surface area contributed by atoms with Crippen LogP contribution in [0.1, 0.15) is 36.0 Å².